The lowest BCUT2D eigenvalue weighted by Gasteiger charge is -2.32. The van der Waals surface area contributed by atoms with E-state index in [4.69, 9.17) is 9.47 Å². The summed E-state index contributed by atoms with van der Waals surface area (Å²) in [4.78, 5) is 13.0. The van der Waals surface area contributed by atoms with Gasteiger partial charge in [-0.2, -0.15) is 18.3 Å². The third kappa shape index (κ3) is 5.88. The summed E-state index contributed by atoms with van der Waals surface area (Å²) in [6.45, 7) is 5.05. The molecule has 0 aliphatic heterocycles. The van der Waals surface area contributed by atoms with Crippen molar-refractivity contribution >= 4 is 0 Å². The first-order valence-electron chi connectivity index (χ1n) is 11.1. The predicted molar refractivity (Wildman–Crippen MR) is 118 cm³/mol. The fraction of sp³-hybridized carbons (Fsp3) is 0.583. The van der Waals surface area contributed by atoms with Gasteiger partial charge < -0.3 is 14.6 Å². The monoisotopic (exact) mass is 468 g/mol. The summed E-state index contributed by atoms with van der Waals surface area (Å²) in [5.74, 6) is 0.0805. The molecule has 182 valence electrons. The Kier molecular flexibility index (Phi) is 7.41. The summed E-state index contributed by atoms with van der Waals surface area (Å²) in [6, 6.07) is 6.71. The topological polar surface area (TPSA) is 73.6 Å². The number of hydrogen-bond donors (Lipinski definition) is 1. The molecule has 1 aromatic heterocycles. The van der Waals surface area contributed by atoms with Crippen molar-refractivity contribution < 1.29 is 27.8 Å². The van der Waals surface area contributed by atoms with Gasteiger partial charge in [-0.3, -0.25) is 4.79 Å². The van der Waals surface area contributed by atoms with Gasteiger partial charge in [-0.15, -0.1) is 0 Å². The number of nitrogens with zero attached hydrogens (tertiary/aromatic N) is 2. The quantitative estimate of drug-likeness (QED) is 0.674. The number of alkyl halides is 3. The molecule has 9 heteroatoms. The molecule has 1 N–H and O–H groups in total. The molecular formula is C24H31F3N2O4. The van der Waals surface area contributed by atoms with Crippen molar-refractivity contribution in [3.8, 4) is 11.5 Å². The Labute approximate surface area is 191 Å². The highest BCUT2D eigenvalue weighted by molar-refractivity contribution is 5.41. The second-order valence-electron chi connectivity index (χ2n) is 9.57. The van der Waals surface area contributed by atoms with Crippen LogP contribution < -0.4 is 15.0 Å². The third-order valence-electron chi connectivity index (χ3n) is 5.87. The Hall–Kier alpha value is -2.55. The average Bonchev–Trinajstić information content (AvgIpc) is 2.74. The molecule has 1 aliphatic rings. The average molecular weight is 469 g/mol. The maximum absolute atomic E-state index is 14.2. The predicted octanol–water partition coefficient (Wildman–Crippen LogP) is 4.55. The molecule has 2 atom stereocenters. The molecule has 0 amide bonds. The number of aliphatic hydroxyl groups is 1. The number of hydrogen-bond acceptors (Lipinski definition) is 5. The molecule has 0 spiro atoms. The Morgan fingerprint density at radius 2 is 1.82 bits per heavy atom. The number of halogens is 3. The van der Waals surface area contributed by atoms with Gasteiger partial charge in [0.15, 0.2) is 11.3 Å². The minimum Gasteiger partial charge on any atom is -0.497 e. The van der Waals surface area contributed by atoms with Crippen LogP contribution in [0.4, 0.5) is 13.2 Å². The number of aromatic nitrogens is 2. The van der Waals surface area contributed by atoms with Crippen LogP contribution in [-0.2, 0) is 18.1 Å². The molecule has 1 saturated carbocycles. The van der Waals surface area contributed by atoms with Crippen molar-refractivity contribution in [1.29, 1.82) is 0 Å². The van der Waals surface area contributed by atoms with E-state index >= 15 is 0 Å². The number of aliphatic hydroxyl groups excluding tert-OH is 1. The van der Waals surface area contributed by atoms with Gasteiger partial charge in [0.25, 0.3) is 5.56 Å². The fourth-order valence-electron chi connectivity index (χ4n) is 4.10. The molecule has 2 aromatic rings. The molecular weight excluding hydrogens is 437 g/mol. The summed E-state index contributed by atoms with van der Waals surface area (Å²) in [6.07, 6.45) is -2.89. The van der Waals surface area contributed by atoms with E-state index in [0.29, 0.717) is 24.2 Å². The normalized spacial score (nSPS) is 19.4. The molecule has 6 nitrogen and oxygen atoms in total. The van der Waals surface area contributed by atoms with Crippen molar-refractivity contribution in [3.05, 3.63) is 51.4 Å². The van der Waals surface area contributed by atoms with E-state index in [9.17, 15) is 23.1 Å². The standard InChI is InChI=1S/C24H31F3N2O4/c1-23(2,3)21-20(33-18-7-5-6-16(12-18)14-30)19(24(25,26)27)22(31)29(28-21)13-15-8-10-17(32-4)11-9-15/h8-11,16,18,30H,5-7,12-14H2,1-4H3/t16-,18+/m1/s1. The van der Waals surface area contributed by atoms with Crippen LogP contribution >= 0.6 is 0 Å². The lowest BCUT2D eigenvalue weighted by Crippen LogP contribution is -2.37. The Morgan fingerprint density at radius 1 is 1.15 bits per heavy atom. The van der Waals surface area contributed by atoms with E-state index in [1.54, 1.807) is 45.0 Å². The molecule has 1 heterocycles. The van der Waals surface area contributed by atoms with Crippen LogP contribution in [0.15, 0.2) is 29.1 Å². The van der Waals surface area contributed by atoms with Crippen molar-refractivity contribution in [2.75, 3.05) is 13.7 Å². The Bertz CT molecular complexity index is 1010. The van der Waals surface area contributed by atoms with Crippen LogP contribution in [0.5, 0.6) is 11.5 Å². The van der Waals surface area contributed by atoms with Crippen LogP contribution in [0.3, 0.4) is 0 Å². The molecule has 0 saturated heterocycles. The minimum absolute atomic E-state index is 0.0282. The van der Waals surface area contributed by atoms with E-state index in [2.05, 4.69) is 5.10 Å². The largest absolute Gasteiger partial charge is 0.497 e. The third-order valence-corrected chi connectivity index (χ3v) is 5.87. The Balaban J connectivity index is 2.11. The van der Waals surface area contributed by atoms with Crippen molar-refractivity contribution in [2.24, 2.45) is 5.92 Å². The zero-order chi connectivity index (χ0) is 24.4. The lowest BCUT2D eigenvalue weighted by molar-refractivity contribution is -0.141. The van der Waals surface area contributed by atoms with Crippen LogP contribution in [0.25, 0.3) is 0 Å². The summed E-state index contributed by atoms with van der Waals surface area (Å²) in [5.41, 5.74) is -2.69. The molecule has 1 aliphatic carbocycles. The van der Waals surface area contributed by atoms with Crippen molar-refractivity contribution in [3.63, 3.8) is 0 Å². The van der Waals surface area contributed by atoms with E-state index in [1.165, 1.54) is 7.11 Å². The van der Waals surface area contributed by atoms with Gasteiger partial charge in [-0.05, 0) is 49.3 Å². The zero-order valence-electron chi connectivity index (χ0n) is 19.4. The van der Waals surface area contributed by atoms with Gasteiger partial charge in [0.2, 0.25) is 0 Å². The summed E-state index contributed by atoms with van der Waals surface area (Å²) in [5, 5.41) is 13.8. The highest BCUT2D eigenvalue weighted by atomic mass is 19.4. The van der Waals surface area contributed by atoms with Crippen LogP contribution in [0, 0.1) is 5.92 Å². The fourth-order valence-corrected chi connectivity index (χ4v) is 4.10. The van der Waals surface area contributed by atoms with Gasteiger partial charge in [0.05, 0.1) is 19.8 Å². The highest BCUT2D eigenvalue weighted by Crippen LogP contribution is 2.41. The van der Waals surface area contributed by atoms with Gasteiger partial charge in [0, 0.05) is 12.0 Å². The zero-order valence-corrected chi connectivity index (χ0v) is 19.4. The lowest BCUT2D eigenvalue weighted by atomic mass is 9.87. The maximum Gasteiger partial charge on any atom is 0.425 e. The van der Waals surface area contributed by atoms with E-state index in [-0.39, 0.29) is 24.8 Å². The molecule has 0 bridgehead atoms. The minimum atomic E-state index is -4.91. The molecule has 3 rings (SSSR count). The summed E-state index contributed by atoms with van der Waals surface area (Å²) < 4.78 is 54.5. The second-order valence-corrected chi connectivity index (χ2v) is 9.57. The number of benzene rings is 1. The van der Waals surface area contributed by atoms with Gasteiger partial charge >= 0.3 is 6.18 Å². The van der Waals surface area contributed by atoms with Crippen molar-refractivity contribution in [2.45, 2.75) is 70.7 Å². The molecule has 33 heavy (non-hydrogen) atoms. The van der Waals surface area contributed by atoms with E-state index in [1.807, 2.05) is 0 Å². The molecule has 0 radical (unpaired) electrons. The van der Waals surface area contributed by atoms with Gasteiger partial charge in [0.1, 0.15) is 11.4 Å². The van der Waals surface area contributed by atoms with Crippen LogP contribution in [-0.4, -0.2) is 34.7 Å². The smallest absolute Gasteiger partial charge is 0.425 e. The summed E-state index contributed by atoms with van der Waals surface area (Å²) >= 11 is 0. The van der Waals surface area contributed by atoms with Gasteiger partial charge in [-0.1, -0.05) is 32.9 Å². The molecule has 0 unspecified atom stereocenters. The molecule has 1 fully saturated rings. The Morgan fingerprint density at radius 3 is 2.36 bits per heavy atom. The van der Waals surface area contributed by atoms with Crippen molar-refractivity contribution in [1.82, 2.24) is 9.78 Å². The van der Waals surface area contributed by atoms with E-state index < -0.39 is 34.6 Å². The summed E-state index contributed by atoms with van der Waals surface area (Å²) in [7, 11) is 1.51. The number of methoxy groups -OCH3 is 1. The van der Waals surface area contributed by atoms with Gasteiger partial charge in [-0.25, -0.2) is 4.68 Å². The van der Waals surface area contributed by atoms with Crippen LogP contribution in [0.1, 0.15) is 63.3 Å². The van der Waals surface area contributed by atoms with Crippen LogP contribution in [0.2, 0.25) is 0 Å². The SMILES string of the molecule is COc1ccc(Cn2nc(C(C)(C)C)c(O[C@H]3CCC[C@@H](CO)C3)c(C(F)(F)F)c2=O)cc1. The van der Waals surface area contributed by atoms with E-state index in [0.717, 1.165) is 17.5 Å². The number of rotatable bonds is 6. The maximum atomic E-state index is 14.2. The highest BCUT2D eigenvalue weighted by Gasteiger charge is 2.43. The first kappa shape index (κ1) is 25.1. The number of ether oxygens (including phenoxy) is 2. The first-order valence-corrected chi connectivity index (χ1v) is 11.1. The first-order chi connectivity index (χ1) is 15.4. The molecule has 1 aromatic carbocycles. The second kappa shape index (κ2) is 9.75.